The number of anilines is 1. The van der Waals surface area contributed by atoms with Gasteiger partial charge in [0.1, 0.15) is 6.54 Å². The molecule has 1 fully saturated rings. The van der Waals surface area contributed by atoms with Gasteiger partial charge in [0.15, 0.2) is 5.82 Å². The number of rotatable bonds is 3. The van der Waals surface area contributed by atoms with Crippen LogP contribution in [-0.2, 0) is 11.3 Å². The summed E-state index contributed by atoms with van der Waals surface area (Å²) in [7, 11) is 0. The van der Waals surface area contributed by atoms with Crippen molar-refractivity contribution < 1.29 is 14.1 Å². The normalized spacial score (nSPS) is 17.5. The van der Waals surface area contributed by atoms with Crippen molar-refractivity contribution >= 4 is 33.3 Å². The Hall–Kier alpha value is -2.02. The molecule has 0 radical (unpaired) electrons. The van der Waals surface area contributed by atoms with Gasteiger partial charge in [0, 0.05) is 10.4 Å². The number of benzene rings is 1. The average molecular weight is 348 g/mol. The van der Waals surface area contributed by atoms with Crippen molar-refractivity contribution in [3.63, 3.8) is 0 Å². The van der Waals surface area contributed by atoms with Crippen LogP contribution < -0.4 is 4.90 Å². The molecular formula is C14H10BrN3O3. The van der Waals surface area contributed by atoms with Gasteiger partial charge in [-0.1, -0.05) is 21.1 Å². The van der Waals surface area contributed by atoms with Crippen LogP contribution in [0.1, 0.15) is 40.8 Å². The van der Waals surface area contributed by atoms with Gasteiger partial charge in [-0.15, -0.1) is 0 Å². The molecule has 21 heavy (non-hydrogen) atoms. The van der Waals surface area contributed by atoms with Crippen molar-refractivity contribution in [3.8, 4) is 0 Å². The largest absolute Gasteiger partial charge is 0.337 e. The average Bonchev–Trinajstić information content (AvgIpc) is 3.18. The summed E-state index contributed by atoms with van der Waals surface area (Å²) in [6, 6.07) is 5.13. The van der Waals surface area contributed by atoms with Crippen molar-refractivity contribution in [3.05, 3.63) is 40.0 Å². The quantitative estimate of drug-likeness (QED) is 0.797. The number of hydrogen-bond donors (Lipinski definition) is 0. The summed E-state index contributed by atoms with van der Waals surface area (Å²) >= 11 is 3.35. The third-order valence-corrected chi connectivity index (χ3v) is 4.15. The zero-order valence-corrected chi connectivity index (χ0v) is 12.5. The molecule has 7 heteroatoms. The van der Waals surface area contributed by atoms with Crippen LogP contribution in [-0.4, -0.2) is 21.8 Å². The Morgan fingerprint density at radius 1 is 1.33 bits per heavy atom. The first-order chi connectivity index (χ1) is 10.1. The Labute approximate surface area is 128 Å². The lowest BCUT2D eigenvalue weighted by Gasteiger charge is -2.13. The van der Waals surface area contributed by atoms with E-state index in [0.717, 1.165) is 17.3 Å². The minimum Gasteiger partial charge on any atom is -0.337 e. The maximum absolute atomic E-state index is 12.1. The van der Waals surface area contributed by atoms with Gasteiger partial charge in [-0.05, 0) is 31.0 Å². The number of carbonyl (C=O) groups excluding carboxylic acids is 2. The van der Waals surface area contributed by atoms with Crippen LogP contribution in [0.25, 0.3) is 0 Å². The molecule has 1 aromatic heterocycles. The second-order valence-electron chi connectivity index (χ2n) is 5.20. The van der Waals surface area contributed by atoms with Gasteiger partial charge in [-0.3, -0.25) is 14.5 Å². The molecule has 0 unspecified atom stereocenters. The van der Waals surface area contributed by atoms with E-state index in [1.54, 1.807) is 18.2 Å². The summed E-state index contributed by atoms with van der Waals surface area (Å²) in [4.78, 5) is 29.7. The maximum atomic E-state index is 12.1. The highest BCUT2D eigenvalue weighted by molar-refractivity contribution is 9.10. The Balaban J connectivity index is 1.66. The SMILES string of the molecule is O=C1C(=O)N(Cc2nc(C3CC3)no2)c2cc(Br)ccc21. The number of halogens is 1. The summed E-state index contributed by atoms with van der Waals surface area (Å²) in [5.74, 6) is 0.372. The molecule has 1 amide bonds. The number of ketones is 1. The predicted octanol–water partition coefficient (Wildman–Crippen LogP) is 2.44. The number of Topliss-reactive ketones (excluding diaryl/α,β-unsaturated/α-hetero) is 1. The second-order valence-corrected chi connectivity index (χ2v) is 6.12. The van der Waals surface area contributed by atoms with Gasteiger partial charge in [0.25, 0.3) is 11.7 Å². The first-order valence-electron chi connectivity index (χ1n) is 6.61. The van der Waals surface area contributed by atoms with Crippen LogP contribution in [0.5, 0.6) is 0 Å². The summed E-state index contributed by atoms with van der Waals surface area (Å²) in [6.45, 7) is 0.119. The van der Waals surface area contributed by atoms with Gasteiger partial charge in [-0.25, -0.2) is 0 Å². The van der Waals surface area contributed by atoms with Crippen LogP contribution >= 0.6 is 15.9 Å². The standard InChI is InChI=1S/C14H10BrN3O3/c15-8-3-4-9-10(5-8)18(14(20)12(9)19)6-11-16-13(17-21-11)7-1-2-7/h3-5,7H,1-2,6H2. The summed E-state index contributed by atoms with van der Waals surface area (Å²) in [6.07, 6.45) is 2.16. The third-order valence-electron chi connectivity index (χ3n) is 3.65. The van der Waals surface area contributed by atoms with Crippen LogP contribution in [0, 0.1) is 0 Å². The molecule has 1 saturated carbocycles. The highest BCUT2D eigenvalue weighted by Crippen LogP contribution is 2.38. The molecule has 106 valence electrons. The van der Waals surface area contributed by atoms with E-state index in [9.17, 15) is 9.59 Å². The molecule has 1 aliphatic heterocycles. The van der Waals surface area contributed by atoms with E-state index >= 15 is 0 Å². The van der Waals surface area contributed by atoms with E-state index in [4.69, 9.17) is 4.52 Å². The van der Waals surface area contributed by atoms with E-state index in [-0.39, 0.29) is 6.54 Å². The number of carbonyl (C=O) groups is 2. The fourth-order valence-electron chi connectivity index (χ4n) is 2.40. The van der Waals surface area contributed by atoms with Gasteiger partial charge < -0.3 is 4.52 Å². The smallest absolute Gasteiger partial charge is 0.299 e. The van der Waals surface area contributed by atoms with Crippen molar-refractivity contribution in [1.29, 1.82) is 0 Å². The Kier molecular flexibility index (Phi) is 2.72. The predicted molar refractivity (Wildman–Crippen MR) is 75.9 cm³/mol. The topological polar surface area (TPSA) is 76.3 Å². The van der Waals surface area contributed by atoms with Crippen LogP contribution in [0.2, 0.25) is 0 Å². The lowest BCUT2D eigenvalue weighted by molar-refractivity contribution is -0.114. The van der Waals surface area contributed by atoms with Gasteiger partial charge in [-0.2, -0.15) is 4.98 Å². The van der Waals surface area contributed by atoms with Crippen molar-refractivity contribution in [1.82, 2.24) is 10.1 Å². The van der Waals surface area contributed by atoms with Crippen molar-refractivity contribution in [2.75, 3.05) is 4.90 Å². The number of amides is 1. The summed E-state index contributed by atoms with van der Waals surface area (Å²) in [5.41, 5.74) is 0.982. The molecule has 0 N–H and O–H groups in total. The van der Waals surface area contributed by atoms with Crippen LogP contribution in [0.15, 0.2) is 27.2 Å². The van der Waals surface area contributed by atoms with E-state index < -0.39 is 11.7 Å². The molecule has 2 aliphatic rings. The van der Waals surface area contributed by atoms with E-state index in [0.29, 0.717) is 28.9 Å². The zero-order chi connectivity index (χ0) is 14.6. The minimum atomic E-state index is -0.561. The highest BCUT2D eigenvalue weighted by atomic mass is 79.9. The summed E-state index contributed by atoms with van der Waals surface area (Å²) < 4.78 is 5.98. The fourth-order valence-corrected chi connectivity index (χ4v) is 2.75. The number of fused-ring (bicyclic) bond motifs is 1. The second kappa shape index (κ2) is 4.49. The number of nitrogens with zero attached hydrogens (tertiary/aromatic N) is 3. The fraction of sp³-hybridized carbons (Fsp3) is 0.286. The van der Waals surface area contributed by atoms with Crippen LogP contribution in [0.3, 0.4) is 0 Å². The molecule has 1 aliphatic carbocycles. The summed E-state index contributed by atoms with van der Waals surface area (Å²) in [5, 5.41) is 3.92. The Morgan fingerprint density at radius 3 is 2.90 bits per heavy atom. The molecule has 2 heterocycles. The molecule has 6 nitrogen and oxygen atoms in total. The maximum Gasteiger partial charge on any atom is 0.299 e. The molecule has 0 saturated heterocycles. The van der Waals surface area contributed by atoms with Gasteiger partial charge in [0.2, 0.25) is 5.89 Å². The van der Waals surface area contributed by atoms with E-state index in [1.165, 1.54) is 4.90 Å². The first-order valence-corrected chi connectivity index (χ1v) is 7.41. The van der Waals surface area contributed by atoms with E-state index in [2.05, 4.69) is 26.1 Å². The molecule has 1 aromatic carbocycles. The minimum absolute atomic E-state index is 0.119. The third kappa shape index (κ3) is 2.08. The monoisotopic (exact) mass is 347 g/mol. The molecule has 0 spiro atoms. The van der Waals surface area contributed by atoms with Gasteiger partial charge in [0.05, 0.1) is 11.3 Å². The highest BCUT2D eigenvalue weighted by Gasteiger charge is 2.37. The molecule has 2 aromatic rings. The zero-order valence-electron chi connectivity index (χ0n) is 10.9. The van der Waals surface area contributed by atoms with Crippen molar-refractivity contribution in [2.24, 2.45) is 0 Å². The molecular weight excluding hydrogens is 338 g/mol. The molecule has 0 atom stereocenters. The number of aromatic nitrogens is 2. The van der Waals surface area contributed by atoms with Gasteiger partial charge >= 0.3 is 0 Å². The Morgan fingerprint density at radius 2 is 2.14 bits per heavy atom. The van der Waals surface area contributed by atoms with Crippen molar-refractivity contribution in [2.45, 2.75) is 25.3 Å². The van der Waals surface area contributed by atoms with E-state index in [1.807, 2.05) is 0 Å². The molecule has 0 bridgehead atoms. The number of hydrogen-bond acceptors (Lipinski definition) is 5. The first kappa shape index (κ1) is 12.7. The Bertz CT molecular complexity index is 767. The lowest BCUT2D eigenvalue weighted by atomic mass is 10.1. The van der Waals surface area contributed by atoms with Crippen LogP contribution in [0.4, 0.5) is 5.69 Å². The molecule has 4 rings (SSSR count). The lowest BCUT2D eigenvalue weighted by Crippen LogP contribution is -2.29.